The predicted octanol–water partition coefficient (Wildman–Crippen LogP) is 10.5. The highest BCUT2D eigenvalue weighted by Crippen LogP contribution is 2.40. The van der Waals surface area contributed by atoms with Gasteiger partial charge >= 0.3 is 0 Å². The number of rotatable bonds is 4. The Labute approximate surface area is 218 Å². The van der Waals surface area contributed by atoms with Gasteiger partial charge < -0.3 is 4.90 Å². The van der Waals surface area contributed by atoms with Crippen LogP contribution in [0.5, 0.6) is 0 Å². The zero-order valence-corrected chi connectivity index (χ0v) is 21.1. The van der Waals surface area contributed by atoms with Gasteiger partial charge in [0.1, 0.15) is 0 Å². The van der Waals surface area contributed by atoms with E-state index in [2.05, 4.69) is 154 Å². The fourth-order valence-corrected chi connectivity index (χ4v) is 5.86. The van der Waals surface area contributed by atoms with Gasteiger partial charge in [-0.25, -0.2) is 0 Å². The SMILES string of the molecule is Brc1cc2ccc3cc(-c4ccc(N(c5ccccc5)c5ccccc5)cc4)cc4ccc(c1)c2c34. The number of nitrogens with zero attached hydrogens (tertiary/aromatic N) is 1. The first-order chi connectivity index (χ1) is 17.7. The average molecular weight is 524 g/mol. The third kappa shape index (κ3) is 3.54. The number of para-hydroxylation sites is 2. The Morgan fingerprint density at radius 1 is 0.389 bits per heavy atom. The van der Waals surface area contributed by atoms with E-state index in [-0.39, 0.29) is 0 Å². The third-order valence-electron chi connectivity index (χ3n) is 6.99. The molecule has 0 unspecified atom stereocenters. The Kier molecular flexibility index (Phi) is 5.00. The van der Waals surface area contributed by atoms with Gasteiger partial charge in [0.05, 0.1) is 0 Å². The van der Waals surface area contributed by atoms with Crippen LogP contribution in [0, 0.1) is 0 Å². The smallest absolute Gasteiger partial charge is 0.0462 e. The van der Waals surface area contributed by atoms with Crippen LogP contribution in [-0.4, -0.2) is 0 Å². The van der Waals surface area contributed by atoms with Gasteiger partial charge in [-0.3, -0.25) is 0 Å². The second kappa shape index (κ2) is 8.51. The maximum absolute atomic E-state index is 3.66. The largest absolute Gasteiger partial charge is 0.311 e. The van der Waals surface area contributed by atoms with Crippen LogP contribution in [0.2, 0.25) is 0 Å². The monoisotopic (exact) mass is 523 g/mol. The Morgan fingerprint density at radius 3 is 1.28 bits per heavy atom. The summed E-state index contributed by atoms with van der Waals surface area (Å²) >= 11 is 3.66. The molecule has 0 N–H and O–H groups in total. The van der Waals surface area contributed by atoms with Crippen LogP contribution < -0.4 is 4.90 Å². The lowest BCUT2D eigenvalue weighted by Gasteiger charge is -2.25. The van der Waals surface area contributed by atoms with Crippen LogP contribution in [0.4, 0.5) is 17.1 Å². The van der Waals surface area contributed by atoms with Crippen LogP contribution in [0.3, 0.4) is 0 Å². The standard InChI is InChI=1S/C34H22BrN/c35-29-21-26-13-11-24-19-28(20-25-12-14-27(22-29)34(26)33(24)25)23-15-17-32(18-16-23)36(30-7-3-1-4-8-30)31-9-5-2-6-10-31/h1-22H. The van der Waals surface area contributed by atoms with Gasteiger partial charge in [-0.05, 0) is 104 Å². The van der Waals surface area contributed by atoms with E-state index < -0.39 is 0 Å². The first kappa shape index (κ1) is 21.2. The van der Waals surface area contributed by atoms with Crippen molar-refractivity contribution in [1.82, 2.24) is 0 Å². The molecule has 0 aliphatic heterocycles. The highest BCUT2D eigenvalue weighted by Gasteiger charge is 2.14. The highest BCUT2D eigenvalue weighted by atomic mass is 79.9. The molecule has 1 nitrogen and oxygen atoms in total. The van der Waals surface area contributed by atoms with Crippen LogP contribution in [0.1, 0.15) is 0 Å². The van der Waals surface area contributed by atoms with Gasteiger partial charge in [0.25, 0.3) is 0 Å². The minimum absolute atomic E-state index is 1.12. The van der Waals surface area contributed by atoms with Crippen molar-refractivity contribution < 1.29 is 0 Å². The molecule has 0 radical (unpaired) electrons. The number of anilines is 3. The Hall–Kier alpha value is -4.14. The molecule has 36 heavy (non-hydrogen) atoms. The third-order valence-corrected chi connectivity index (χ3v) is 7.44. The molecule has 0 bridgehead atoms. The topological polar surface area (TPSA) is 3.24 Å². The Morgan fingerprint density at radius 2 is 0.806 bits per heavy atom. The van der Waals surface area contributed by atoms with Crippen molar-refractivity contribution in [3.8, 4) is 11.1 Å². The van der Waals surface area contributed by atoms with Crippen molar-refractivity contribution in [3.63, 3.8) is 0 Å². The van der Waals surface area contributed by atoms with Crippen molar-refractivity contribution in [2.24, 2.45) is 0 Å². The average Bonchev–Trinajstić information content (AvgIpc) is 2.93. The van der Waals surface area contributed by atoms with Crippen molar-refractivity contribution >= 4 is 65.3 Å². The first-order valence-electron chi connectivity index (χ1n) is 12.1. The van der Waals surface area contributed by atoms with Gasteiger partial charge in [0.15, 0.2) is 0 Å². The molecule has 0 saturated carbocycles. The molecule has 0 aromatic heterocycles. The quantitative estimate of drug-likeness (QED) is 0.207. The van der Waals surface area contributed by atoms with Crippen molar-refractivity contribution in [3.05, 3.63) is 138 Å². The highest BCUT2D eigenvalue weighted by molar-refractivity contribution is 9.10. The van der Waals surface area contributed by atoms with Gasteiger partial charge in [0, 0.05) is 21.5 Å². The zero-order valence-electron chi connectivity index (χ0n) is 19.5. The zero-order chi connectivity index (χ0) is 24.1. The van der Waals surface area contributed by atoms with E-state index in [1.54, 1.807) is 0 Å². The lowest BCUT2D eigenvalue weighted by atomic mass is 9.91. The maximum Gasteiger partial charge on any atom is 0.0462 e. The van der Waals surface area contributed by atoms with Gasteiger partial charge in [-0.1, -0.05) is 88.7 Å². The molecule has 2 heteroatoms. The molecule has 7 rings (SSSR count). The van der Waals surface area contributed by atoms with Crippen LogP contribution >= 0.6 is 15.9 Å². The molecular weight excluding hydrogens is 502 g/mol. The first-order valence-corrected chi connectivity index (χ1v) is 12.9. The molecule has 0 heterocycles. The summed E-state index contributed by atoms with van der Waals surface area (Å²) in [4.78, 5) is 2.29. The molecule has 0 fully saturated rings. The van der Waals surface area contributed by atoms with Crippen molar-refractivity contribution in [2.45, 2.75) is 0 Å². The molecule has 0 atom stereocenters. The van der Waals surface area contributed by atoms with E-state index in [0.29, 0.717) is 0 Å². The van der Waals surface area contributed by atoms with E-state index in [1.807, 2.05) is 0 Å². The van der Waals surface area contributed by atoms with E-state index in [4.69, 9.17) is 0 Å². The molecular formula is C34H22BrN. The summed E-state index contributed by atoms with van der Waals surface area (Å²) in [6.45, 7) is 0. The lowest BCUT2D eigenvalue weighted by Crippen LogP contribution is -2.09. The number of hydrogen-bond donors (Lipinski definition) is 0. The predicted molar refractivity (Wildman–Crippen MR) is 158 cm³/mol. The molecule has 170 valence electrons. The molecule has 0 saturated heterocycles. The second-order valence-electron chi connectivity index (χ2n) is 9.21. The maximum atomic E-state index is 3.66. The Bertz CT molecular complexity index is 1720. The van der Waals surface area contributed by atoms with E-state index in [1.165, 1.54) is 43.4 Å². The summed E-state index contributed by atoms with van der Waals surface area (Å²) in [5.74, 6) is 0. The summed E-state index contributed by atoms with van der Waals surface area (Å²) < 4.78 is 1.12. The number of benzene rings is 7. The second-order valence-corrected chi connectivity index (χ2v) is 10.1. The fraction of sp³-hybridized carbons (Fsp3) is 0. The summed E-state index contributed by atoms with van der Waals surface area (Å²) in [5, 5.41) is 7.80. The summed E-state index contributed by atoms with van der Waals surface area (Å²) in [6.07, 6.45) is 0. The van der Waals surface area contributed by atoms with E-state index >= 15 is 0 Å². The van der Waals surface area contributed by atoms with Gasteiger partial charge in [-0.2, -0.15) is 0 Å². The van der Waals surface area contributed by atoms with Crippen LogP contribution in [0.25, 0.3) is 43.4 Å². The lowest BCUT2D eigenvalue weighted by molar-refractivity contribution is 1.28. The fourth-order valence-electron chi connectivity index (χ4n) is 5.37. The molecule has 0 aliphatic rings. The molecule has 7 aromatic carbocycles. The Balaban J connectivity index is 1.33. The van der Waals surface area contributed by atoms with Crippen molar-refractivity contribution in [1.29, 1.82) is 0 Å². The van der Waals surface area contributed by atoms with Crippen LogP contribution in [-0.2, 0) is 0 Å². The van der Waals surface area contributed by atoms with Gasteiger partial charge in [0.2, 0.25) is 0 Å². The molecule has 7 aromatic rings. The minimum Gasteiger partial charge on any atom is -0.311 e. The van der Waals surface area contributed by atoms with E-state index in [9.17, 15) is 0 Å². The number of hydrogen-bond acceptors (Lipinski definition) is 1. The normalized spacial score (nSPS) is 11.5. The van der Waals surface area contributed by atoms with Gasteiger partial charge in [-0.15, -0.1) is 0 Å². The number of halogens is 1. The van der Waals surface area contributed by atoms with Crippen LogP contribution in [0.15, 0.2) is 138 Å². The summed E-state index contributed by atoms with van der Waals surface area (Å²) in [5.41, 5.74) is 5.88. The van der Waals surface area contributed by atoms with Crippen molar-refractivity contribution in [2.75, 3.05) is 4.90 Å². The molecule has 0 amide bonds. The van der Waals surface area contributed by atoms with E-state index in [0.717, 1.165) is 21.5 Å². The summed E-state index contributed by atoms with van der Waals surface area (Å²) in [7, 11) is 0. The summed E-state index contributed by atoms with van der Waals surface area (Å²) in [6, 6.07) is 48.0. The molecule has 0 aliphatic carbocycles. The minimum atomic E-state index is 1.12. The molecule has 0 spiro atoms.